The van der Waals surface area contributed by atoms with Crippen molar-refractivity contribution >= 4 is 6.29 Å². The maximum absolute atomic E-state index is 10.7. The average Bonchev–Trinajstić information content (AvgIpc) is 2.40. The second-order valence-corrected chi connectivity index (χ2v) is 4.04. The third kappa shape index (κ3) is 2.78. The Labute approximate surface area is 101 Å². The van der Waals surface area contributed by atoms with Gasteiger partial charge in [-0.2, -0.15) is 0 Å². The summed E-state index contributed by atoms with van der Waals surface area (Å²) in [5.74, 6) is 0. The van der Waals surface area contributed by atoms with Crippen molar-refractivity contribution in [2.45, 2.75) is 19.8 Å². The minimum Gasteiger partial charge on any atom is -0.298 e. The molecule has 0 unspecified atom stereocenters. The Hall–Kier alpha value is -1.96. The van der Waals surface area contributed by atoms with Gasteiger partial charge in [-0.15, -0.1) is 0 Å². The van der Waals surface area contributed by atoms with Crippen LogP contribution in [0.4, 0.5) is 0 Å². The second kappa shape index (κ2) is 5.39. The standard InChI is InChI=1S/C15H15NO/c1-2-4-12-7-8-16-15(10-12)14-6-3-5-13(9-14)11-17/h3,5-11H,2,4H2,1H3. The van der Waals surface area contributed by atoms with Crippen molar-refractivity contribution in [3.8, 4) is 11.3 Å². The minimum atomic E-state index is 0.685. The molecule has 0 spiro atoms. The van der Waals surface area contributed by atoms with Gasteiger partial charge in [-0.25, -0.2) is 0 Å². The number of aromatic nitrogens is 1. The van der Waals surface area contributed by atoms with Crippen LogP contribution >= 0.6 is 0 Å². The Morgan fingerprint density at radius 1 is 1.24 bits per heavy atom. The highest BCUT2D eigenvalue weighted by Gasteiger charge is 2.01. The number of carbonyl (C=O) groups excluding carboxylic acids is 1. The fraction of sp³-hybridized carbons (Fsp3) is 0.200. The van der Waals surface area contributed by atoms with Gasteiger partial charge >= 0.3 is 0 Å². The van der Waals surface area contributed by atoms with Gasteiger partial charge in [-0.1, -0.05) is 31.5 Å². The summed E-state index contributed by atoms with van der Waals surface area (Å²) in [7, 11) is 0. The molecule has 1 aromatic carbocycles. The number of carbonyl (C=O) groups is 1. The van der Waals surface area contributed by atoms with Crippen LogP contribution in [0.25, 0.3) is 11.3 Å². The molecular weight excluding hydrogens is 210 g/mol. The van der Waals surface area contributed by atoms with Crippen LogP contribution < -0.4 is 0 Å². The molecular formula is C15H15NO. The molecule has 0 amide bonds. The number of nitrogens with zero attached hydrogens (tertiary/aromatic N) is 1. The molecule has 0 aliphatic carbocycles. The lowest BCUT2D eigenvalue weighted by molar-refractivity contribution is 0.112. The van der Waals surface area contributed by atoms with E-state index < -0.39 is 0 Å². The van der Waals surface area contributed by atoms with Crippen LogP contribution in [0.3, 0.4) is 0 Å². The number of aldehydes is 1. The smallest absolute Gasteiger partial charge is 0.150 e. The first-order valence-electron chi connectivity index (χ1n) is 5.84. The zero-order valence-corrected chi connectivity index (χ0v) is 9.89. The molecule has 0 fully saturated rings. The molecule has 0 atom stereocenters. The fourth-order valence-electron chi connectivity index (χ4n) is 1.85. The third-order valence-corrected chi connectivity index (χ3v) is 2.68. The van der Waals surface area contributed by atoms with E-state index in [0.29, 0.717) is 5.56 Å². The van der Waals surface area contributed by atoms with Crippen LogP contribution in [0, 0.1) is 0 Å². The maximum Gasteiger partial charge on any atom is 0.150 e. The van der Waals surface area contributed by atoms with E-state index in [2.05, 4.69) is 18.0 Å². The van der Waals surface area contributed by atoms with Crippen molar-refractivity contribution in [2.24, 2.45) is 0 Å². The van der Waals surface area contributed by atoms with E-state index >= 15 is 0 Å². The van der Waals surface area contributed by atoms with E-state index in [1.54, 1.807) is 6.07 Å². The Morgan fingerprint density at radius 3 is 2.88 bits per heavy atom. The molecule has 2 nitrogen and oxygen atoms in total. The molecule has 0 bridgehead atoms. The van der Waals surface area contributed by atoms with Gasteiger partial charge in [0.05, 0.1) is 5.69 Å². The SMILES string of the molecule is CCCc1ccnc(-c2cccc(C=O)c2)c1. The lowest BCUT2D eigenvalue weighted by atomic mass is 10.0. The van der Waals surface area contributed by atoms with Crippen LogP contribution in [-0.4, -0.2) is 11.3 Å². The van der Waals surface area contributed by atoms with E-state index in [1.165, 1.54) is 5.56 Å². The Balaban J connectivity index is 2.37. The molecule has 2 rings (SSSR count). The highest BCUT2D eigenvalue weighted by molar-refractivity contribution is 5.78. The van der Waals surface area contributed by atoms with Crippen molar-refractivity contribution < 1.29 is 4.79 Å². The van der Waals surface area contributed by atoms with Gasteiger partial charge < -0.3 is 0 Å². The number of pyridine rings is 1. The Kier molecular flexibility index (Phi) is 3.66. The van der Waals surface area contributed by atoms with E-state index in [-0.39, 0.29) is 0 Å². The lowest BCUT2D eigenvalue weighted by Crippen LogP contribution is -1.89. The predicted octanol–water partition coefficient (Wildman–Crippen LogP) is 3.51. The molecule has 2 aromatic rings. The molecule has 1 aromatic heterocycles. The number of benzene rings is 1. The highest BCUT2D eigenvalue weighted by Crippen LogP contribution is 2.19. The first kappa shape index (κ1) is 11.5. The molecule has 0 N–H and O–H groups in total. The third-order valence-electron chi connectivity index (χ3n) is 2.68. The summed E-state index contributed by atoms with van der Waals surface area (Å²) in [5, 5.41) is 0. The van der Waals surface area contributed by atoms with E-state index in [0.717, 1.165) is 30.4 Å². The van der Waals surface area contributed by atoms with E-state index in [1.807, 2.05) is 30.5 Å². The Bertz CT molecular complexity index is 520. The molecule has 0 aliphatic rings. The van der Waals surface area contributed by atoms with E-state index in [9.17, 15) is 4.79 Å². The summed E-state index contributed by atoms with van der Waals surface area (Å²) in [6.45, 7) is 2.16. The summed E-state index contributed by atoms with van der Waals surface area (Å²) >= 11 is 0. The van der Waals surface area contributed by atoms with Crippen LogP contribution in [0.2, 0.25) is 0 Å². The van der Waals surface area contributed by atoms with Gasteiger partial charge in [-0.05, 0) is 30.2 Å². The minimum absolute atomic E-state index is 0.685. The van der Waals surface area contributed by atoms with Crippen molar-refractivity contribution in [3.63, 3.8) is 0 Å². The zero-order chi connectivity index (χ0) is 12.1. The van der Waals surface area contributed by atoms with Crippen LogP contribution in [0.5, 0.6) is 0 Å². The summed E-state index contributed by atoms with van der Waals surface area (Å²) in [6.07, 6.45) is 4.87. The maximum atomic E-state index is 10.7. The van der Waals surface area contributed by atoms with Crippen LogP contribution in [-0.2, 0) is 6.42 Å². The molecule has 1 heterocycles. The van der Waals surface area contributed by atoms with E-state index in [4.69, 9.17) is 0 Å². The number of hydrogen-bond donors (Lipinski definition) is 0. The van der Waals surface area contributed by atoms with Crippen molar-refractivity contribution in [1.82, 2.24) is 4.98 Å². The predicted molar refractivity (Wildman–Crippen MR) is 69.1 cm³/mol. The van der Waals surface area contributed by atoms with Gasteiger partial charge in [0, 0.05) is 17.3 Å². The molecule has 17 heavy (non-hydrogen) atoms. The quantitative estimate of drug-likeness (QED) is 0.745. The largest absolute Gasteiger partial charge is 0.298 e. The molecule has 0 aliphatic heterocycles. The Morgan fingerprint density at radius 2 is 2.12 bits per heavy atom. The van der Waals surface area contributed by atoms with Crippen LogP contribution in [0.15, 0.2) is 42.6 Å². The topological polar surface area (TPSA) is 30.0 Å². The molecule has 2 heteroatoms. The number of rotatable bonds is 4. The fourth-order valence-corrected chi connectivity index (χ4v) is 1.85. The first-order valence-corrected chi connectivity index (χ1v) is 5.84. The summed E-state index contributed by atoms with van der Waals surface area (Å²) in [4.78, 5) is 15.1. The summed E-state index contributed by atoms with van der Waals surface area (Å²) in [6, 6.07) is 11.7. The van der Waals surface area contributed by atoms with Gasteiger partial charge in [-0.3, -0.25) is 9.78 Å². The monoisotopic (exact) mass is 225 g/mol. The van der Waals surface area contributed by atoms with Crippen molar-refractivity contribution in [3.05, 3.63) is 53.7 Å². The lowest BCUT2D eigenvalue weighted by Gasteiger charge is -2.04. The second-order valence-electron chi connectivity index (χ2n) is 4.04. The highest BCUT2D eigenvalue weighted by atomic mass is 16.1. The number of hydrogen-bond acceptors (Lipinski definition) is 2. The summed E-state index contributed by atoms with van der Waals surface area (Å²) < 4.78 is 0. The van der Waals surface area contributed by atoms with Crippen molar-refractivity contribution in [2.75, 3.05) is 0 Å². The van der Waals surface area contributed by atoms with Gasteiger partial charge in [0.2, 0.25) is 0 Å². The number of aryl methyl sites for hydroxylation is 1. The van der Waals surface area contributed by atoms with Gasteiger partial charge in [0.1, 0.15) is 6.29 Å². The van der Waals surface area contributed by atoms with Gasteiger partial charge in [0.25, 0.3) is 0 Å². The zero-order valence-electron chi connectivity index (χ0n) is 9.89. The van der Waals surface area contributed by atoms with Gasteiger partial charge in [0.15, 0.2) is 0 Å². The molecule has 0 saturated carbocycles. The molecule has 0 saturated heterocycles. The normalized spacial score (nSPS) is 10.2. The molecule has 0 radical (unpaired) electrons. The average molecular weight is 225 g/mol. The van der Waals surface area contributed by atoms with Crippen molar-refractivity contribution in [1.29, 1.82) is 0 Å². The summed E-state index contributed by atoms with van der Waals surface area (Å²) in [5.41, 5.74) is 3.89. The molecule has 86 valence electrons. The first-order chi connectivity index (χ1) is 8.33. The van der Waals surface area contributed by atoms with Crippen LogP contribution in [0.1, 0.15) is 29.3 Å².